The van der Waals surface area contributed by atoms with Gasteiger partial charge in [0.1, 0.15) is 11.6 Å². The number of carbonyl (C=O) groups excluding carboxylic acids is 1. The highest BCUT2D eigenvalue weighted by Gasteiger charge is 2.18. The smallest absolute Gasteiger partial charge is 0.262 e. The van der Waals surface area contributed by atoms with Gasteiger partial charge in [0.15, 0.2) is 6.61 Å². The molecule has 1 aromatic carbocycles. The molecule has 1 aliphatic heterocycles. The fourth-order valence-electron chi connectivity index (χ4n) is 3.20. The first-order valence-corrected chi connectivity index (χ1v) is 9.99. The Morgan fingerprint density at radius 3 is 2.46 bits per heavy atom. The number of nitrogens with one attached hydrogen (secondary N) is 1. The van der Waals surface area contributed by atoms with E-state index >= 15 is 0 Å². The van der Waals surface area contributed by atoms with Crippen LogP contribution in [0.3, 0.4) is 0 Å². The fourth-order valence-corrected chi connectivity index (χ4v) is 3.33. The predicted octanol–water partition coefficient (Wildman–Crippen LogP) is 3.53. The summed E-state index contributed by atoms with van der Waals surface area (Å²) in [5.41, 5.74) is 0.659. The lowest BCUT2D eigenvalue weighted by Gasteiger charge is -2.36. The number of hydrogen-bond donors (Lipinski definition) is 1. The Bertz CT molecular complexity index is 757. The molecule has 1 N–H and O–H groups in total. The lowest BCUT2D eigenvalue weighted by Crippen LogP contribution is -2.47. The Morgan fingerprint density at radius 2 is 1.86 bits per heavy atom. The van der Waals surface area contributed by atoms with Crippen molar-refractivity contribution < 1.29 is 9.53 Å². The second kappa shape index (κ2) is 9.75. The maximum absolute atomic E-state index is 12.1. The molecule has 0 spiro atoms. The van der Waals surface area contributed by atoms with Crippen molar-refractivity contribution in [1.82, 2.24) is 9.88 Å². The summed E-state index contributed by atoms with van der Waals surface area (Å²) in [7, 11) is 0. The molecule has 0 aliphatic carbocycles. The molecule has 1 saturated heterocycles. The SMILES string of the molecule is CC(C)CN1CCN(c2ccc(NC(=O)COc3ccc(Cl)cc3)cn2)CC1. The van der Waals surface area contributed by atoms with Gasteiger partial charge in [-0.2, -0.15) is 0 Å². The van der Waals surface area contributed by atoms with E-state index in [4.69, 9.17) is 16.3 Å². The minimum Gasteiger partial charge on any atom is -0.484 e. The zero-order valence-corrected chi connectivity index (χ0v) is 17.2. The van der Waals surface area contributed by atoms with E-state index in [0.29, 0.717) is 22.4 Å². The summed E-state index contributed by atoms with van der Waals surface area (Å²) < 4.78 is 5.45. The molecule has 2 heterocycles. The first-order valence-electron chi connectivity index (χ1n) is 9.61. The van der Waals surface area contributed by atoms with E-state index in [0.717, 1.165) is 38.5 Å². The molecule has 0 saturated carbocycles. The fraction of sp³-hybridized carbons (Fsp3) is 0.429. The number of anilines is 2. The molecule has 1 amide bonds. The normalized spacial score (nSPS) is 14.9. The topological polar surface area (TPSA) is 57.7 Å². The first kappa shape index (κ1) is 20.4. The highest BCUT2D eigenvalue weighted by molar-refractivity contribution is 6.30. The highest BCUT2D eigenvalue weighted by Crippen LogP contribution is 2.18. The number of aromatic nitrogens is 1. The zero-order valence-electron chi connectivity index (χ0n) is 16.4. The maximum Gasteiger partial charge on any atom is 0.262 e. The molecule has 150 valence electrons. The first-order chi connectivity index (χ1) is 13.5. The van der Waals surface area contributed by atoms with Gasteiger partial charge in [0.05, 0.1) is 11.9 Å². The van der Waals surface area contributed by atoms with Gasteiger partial charge in [-0.05, 0) is 42.3 Å². The second-order valence-electron chi connectivity index (χ2n) is 7.38. The third kappa shape index (κ3) is 6.11. The van der Waals surface area contributed by atoms with Crippen LogP contribution in [0.4, 0.5) is 11.5 Å². The molecule has 0 bridgehead atoms. The molecule has 28 heavy (non-hydrogen) atoms. The molecule has 1 fully saturated rings. The van der Waals surface area contributed by atoms with E-state index in [1.165, 1.54) is 0 Å². The summed E-state index contributed by atoms with van der Waals surface area (Å²) in [4.78, 5) is 21.3. The number of amides is 1. The summed E-state index contributed by atoms with van der Waals surface area (Å²) >= 11 is 5.83. The van der Waals surface area contributed by atoms with Gasteiger partial charge in [-0.15, -0.1) is 0 Å². The molecular weight excluding hydrogens is 376 g/mol. The average molecular weight is 403 g/mol. The highest BCUT2D eigenvalue weighted by atomic mass is 35.5. The largest absolute Gasteiger partial charge is 0.484 e. The quantitative estimate of drug-likeness (QED) is 0.767. The van der Waals surface area contributed by atoms with E-state index in [1.807, 2.05) is 12.1 Å². The summed E-state index contributed by atoms with van der Waals surface area (Å²) in [5, 5.41) is 3.43. The standard InChI is InChI=1S/C21H27ClN4O2/c1-16(2)14-25-9-11-26(12-10-25)20-8-5-18(13-23-20)24-21(27)15-28-19-6-3-17(22)4-7-19/h3-8,13,16H,9-12,14-15H2,1-2H3,(H,24,27). The molecule has 1 aromatic heterocycles. The number of halogens is 1. The van der Waals surface area contributed by atoms with Crippen LogP contribution in [0.5, 0.6) is 5.75 Å². The summed E-state index contributed by atoms with van der Waals surface area (Å²) in [6.45, 7) is 9.63. The molecule has 1 aliphatic rings. The van der Waals surface area contributed by atoms with Crippen molar-refractivity contribution in [1.29, 1.82) is 0 Å². The predicted molar refractivity (Wildman–Crippen MR) is 113 cm³/mol. The van der Waals surface area contributed by atoms with Crippen molar-refractivity contribution in [3.05, 3.63) is 47.6 Å². The van der Waals surface area contributed by atoms with Gasteiger partial charge >= 0.3 is 0 Å². The molecule has 6 nitrogen and oxygen atoms in total. The molecule has 7 heteroatoms. The van der Waals surface area contributed by atoms with E-state index in [-0.39, 0.29) is 12.5 Å². The van der Waals surface area contributed by atoms with Gasteiger partial charge in [0.2, 0.25) is 0 Å². The van der Waals surface area contributed by atoms with Crippen molar-refractivity contribution in [2.24, 2.45) is 5.92 Å². The van der Waals surface area contributed by atoms with Gasteiger partial charge < -0.3 is 15.0 Å². The summed E-state index contributed by atoms with van der Waals surface area (Å²) in [6.07, 6.45) is 1.69. The monoisotopic (exact) mass is 402 g/mol. The van der Waals surface area contributed by atoms with Gasteiger partial charge in [-0.25, -0.2) is 4.98 Å². The van der Waals surface area contributed by atoms with Gasteiger partial charge in [-0.3, -0.25) is 9.69 Å². The van der Waals surface area contributed by atoms with Crippen LogP contribution in [0.2, 0.25) is 5.02 Å². The number of hydrogen-bond acceptors (Lipinski definition) is 5. The Kier molecular flexibility index (Phi) is 7.12. The van der Waals surface area contributed by atoms with Crippen molar-refractivity contribution in [2.45, 2.75) is 13.8 Å². The minimum atomic E-state index is -0.230. The van der Waals surface area contributed by atoms with Crippen LogP contribution in [-0.2, 0) is 4.79 Å². The van der Waals surface area contributed by atoms with Crippen molar-refractivity contribution in [3.63, 3.8) is 0 Å². The van der Waals surface area contributed by atoms with Crippen LogP contribution < -0.4 is 15.0 Å². The number of carbonyl (C=O) groups is 1. The van der Waals surface area contributed by atoms with Crippen molar-refractivity contribution >= 4 is 29.0 Å². The number of benzene rings is 1. The van der Waals surface area contributed by atoms with Crippen LogP contribution in [0, 0.1) is 5.92 Å². The van der Waals surface area contributed by atoms with Crippen molar-refractivity contribution in [3.8, 4) is 5.75 Å². The van der Waals surface area contributed by atoms with Gasteiger partial charge in [-0.1, -0.05) is 25.4 Å². The summed E-state index contributed by atoms with van der Waals surface area (Å²) in [6, 6.07) is 10.7. The average Bonchev–Trinajstić information content (AvgIpc) is 2.68. The minimum absolute atomic E-state index is 0.0683. The third-order valence-corrected chi connectivity index (χ3v) is 4.79. The van der Waals surface area contributed by atoms with Gasteiger partial charge in [0.25, 0.3) is 5.91 Å². The van der Waals surface area contributed by atoms with E-state index in [1.54, 1.807) is 30.5 Å². The molecule has 0 radical (unpaired) electrons. The molecule has 2 aromatic rings. The number of rotatable bonds is 7. The van der Waals surface area contributed by atoms with E-state index in [2.05, 4.69) is 33.9 Å². The Balaban J connectivity index is 1.45. The van der Waals surface area contributed by atoms with Crippen LogP contribution in [0.15, 0.2) is 42.6 Å². The third-order valence-electron chi connectivity index (χ3n) is 4.53. The lowest BCUT2D eigenvalue weighted by atomic mass is 10.2. The maximum atomic E-state index is 12.1. The van der Waals surface area contributed by atoms with Crippen LogP contribution >= 0.6 is 11.6 Å². The molecular formula is C21H27ClN4O2. The second-order valence-corrected chi connectivity index (χ2v) is 7.81. The van der Waals surface area contributed by atoms with Crippen LogP contribution in [0.1, 0.15) is 13.8 Å². The Morgan fingerprint density at radius 1 is 1.14 bits per heavy atom. The van der Waals surface area contributed by atoms with E-state index < -0.39 is 0 Å². The number of piperazine rings is 1. The van der Waals surface area contributed by atoms with Gasteiger partial charge in [0, 0.05) is 37.7 Å². The number of nitrogens with zero attached hydrogens (tertiary/aromatic N) is 3. The number of pyridine rings is 1. The molecule has 3 rings (SSSR count). The Hall–Kier alpha value is -2.31. The lowest BCUT2D eigenvalue weighted by molar-refractivity contribution is -0.118. The van der Waals surface area contributed by atoms with Crippen LogP contribution in [-0.4, -0.2) is 55.1 Å². The molecule has 0 atom stereocenters. The zero-order chi connectivity index (χ0) is 19.9. The van der Waals surface area contributed by atoms with Crippen molar-refractivity contribution in [2.75, 3.05) is 49.5 Å². The summed E-state index contributed by atoms with van der Waals surface area (Å²) in [5.74, 6) is 2.01. The Labute approximate surface area is 171 Å². The van der Waals surface area contributed by atoms with Crippen LogP contribution in [0.25, 0.3) is 0 Å². The number of ether oxygens (including phenoxy) is 1. The van der Waals surface area contributed by atoms with E-state index in [9.17, 15) is 4.79 Å². The molecule has 0 unspecified atom stereocenters.